The molecule has 5 nitrogen and oxygen atoms in total. The highest BCUT2D eigenvalue weighted by Gasteiger charge is 2.24. The van der Waals surface area contributed by atoms with Crippen LogP contribution in [-0.2, 0) is 4.79 Å². The summed E-state index contributed by atoms with van der Waals surface area (Å²) in [5.74, 6) is -1.25. The van der Waals surface area contributed by atoms with E-state index in [2.05, 4.69) is 15.9 Å². The Bertz CT molecular complexity index is 530. The summed E-state index contributed by atoms with van der Waals surface area (Å²) in [7, 11) is 0. The smallest absolute Gasteiger partial charge is 0.256 e. The Morgan fingerprint density at radius 1 is 1.25 bits per heavy atom. The predicted octanol–water partition coefficient (Wildman–Crippen LogP) is 0.831. The second-order valence-electron chi connectivity index (χ2n) is 4.66. The molecule has 1 aliphatic rings. The molecule has 0 aromatic heterocycles. The average molecular weight is 344 g/mol. The lowest BCUT2D eigenvalue weighted by Gasteiger charge is -2.34. The van der Waals surface area contributed by atoms with Crippen molar-refractivity contribution in [2.75, 3.05) is 32.7 Å². The summed E-state index contributed by atoms with van der Waals surface area (Å²) in [4.78, 5) is 26.6. The van der Waals surface area contributed by atoms with Crippen LogP contribution >= 0.6 is 15.9 Å². The first-order valence-electron chi connectivity index (χ1n) is 6.22. The zero-order chi connectivity index (χ0) is 14.7. The van der Waals surface area contributed by atoms with E-state index in [0.29, 0.717) is 30.7 Å². The Morgan fingerprint density at radius 3 is 2.50 bits per heavy atom. The maximum Gasteiger partial charge on any atom is 0.256 e. The summed E-state index contributed by atoms with van der Waals surface area (Å²) < 4.78 is 14.3. The van der Waals surface area contributed by atoms with Gasteiger partial charge in [-0.1, -0.05) is 15.9 Å². The standard InChI is InChI=1S/C13H15BrFN3O2/c14-9-1-2-11(15)10(7-9)13(20)18-5-3-17(4-6-18)8-12(16)19/h1-2,7H,3-6,8H2,(H2,16,19). The summed E-state index contributed by atoms with van der Waals surface area (Å²) in [6.07, 6.45) is 0. The highest BCUT2D eigenvalue weighted by molar-refractivity contribution is 9.10. The van der Waals surface area contributed by atoms with E-state index in [-0.39, 0.29) is 23.9 Å². The third-order valence-electron chi connectivity index (χ3n) is 3.20. The number of hydrogen-bond acceptors (Lipinski definition) is 3. The largest absolute Gasteiger partial charge is 0.369 e. The molecule has 7 heteroatoms. The summed E-state index contributed by atoms with van der Waals surface area (Å²) in [6.45, 7) is 2.22. The van der Waals surface area contributed by atoms with E-state index in [0.717, 1.165) is 0 Å². The number of amides is 2. The molecule has 20 heavy (non-hydrogen) atoms. The average Bonchev–Trinajstić information content (AvgIpc) is 2.41. The maximum atomic E-state index is 13.7. The number of rotatable bonds is 3. The van der Waals surface area contributed by atoms with Crippen LogP contribution in [0.1, 0.15) is 10.4 Å². The van der Waals surface area contributed by atoms with E-state index in [1.54, 1.807) is 11.0 Å². The zero-order valence-corrected chi connectivity index (χ0v) is 12.4. The summed E-state index contributed by atoms with van der Waals surface area (Å²) >= 11 is 3.23. The van der Waals surface area contributed by atoms with Crippen LogP contribution in [0, 0.1) is 5.82 Å². The van der Waals surface area contributed by atoms with Crippen LogP contribution in [0.2, 0.25) is 0 Å². The van der Waals surface area contributed by atoms with Gasteiger partial charge in [-0.25, -0.2) is 4.39 Å². The van der Waals surface area contributed by atoms with Crippen molar-refractivity contribution < 1.29 is 14.0 Å². The van der Waals surface area contributed by atoms with Gasteiger partial charge in [-0.3, -0.25) is 14.5 Å². The number of piperazine rings is 1. The highest BCUT2D eigenvalue weighted by Crippen LogP contribution is 2.18. The molecule has 2 N–H and O–H groups in total. The predicted molar refractivity (Wildman–Crippen MR) is 75.6 cm³/mol. The summed E-state index contributed by atoms with van der Waals surface area (Å²) in [5.41, 5.74) is 5.19. The minimum Gasteiger partial charge on any atom is -0.369 e. The topological polar surface area (TPSA) is 66.6 Å². The fraction of sp³-hybridized carbons (Fsp3) is 0.385. The molecule has 1 saturated heterocycles. The molecule has 0 aliphatic carbocycles. The van der Waals surface area contributed by atoms with Gasteiger partial charge >= 0.3 is 0 Å². The molecule has 1 aromatic rings. The number of hydrogen-bond donors (Lipinski definition) is 1. The second-order valence-corrected chi connectivity index (χ2v) is 5.57. The van der Waals surface area contributed by atoms with Crippen LogP contribution in [0.4, 0.5) is 4.39 Å². The summed E-state index contributed by atoms with van der Waals surface area (Å²) in [6, 6.07) is 4.30. The number of carbonyl (C=O) groups excluding carboxylic acids is 2. The molecule has 1 aromatic carbocycles. The van der Waals surface area contributed by atoms with Gasteiger partial charge in [-0.2, -0.15) is 0 Å². The van der Waals surface area contributed by atoms with E-state index >= 15 is 0 Å². The molecular weight excluding hydrogens is 329 g/mol. The van der Waals surface area contributed by atoms with E-state index in [1.165, 1.54) is 12.1 Å². The van der Waals surface area contributed by atoms with Gasteiger partial charge in [0.1, 0.15) is 5.82 Å². The van der Waals surface area contributed by atoms with Gasteiger partial charge < -0.3 is 10.6 Å². The van der Waals surface area contributed by atoms with Crippen molar-refractivity contribution in [1.82, 2.24) is 9.80 Å². The summed E-state index contributed by atoms with van der Waals surface area (Å²) in [5, 5.41) is 0. The number of carbonyl (C=O) groups is 2. The Morgan fingerprint density at radius 2 is 1.90 bits per heavy atom. The molecule has 1 aliphatic heterocycles. The van der Waals surface area contributed by atoms with Gasteiger partial charge in [0.25, 0.3) is 5.91 Å². The number of benzene rings is 1. The van der Waals surface area contributed by atoms with Gasteiger partial charge in [0.15, 0.2) is 0 Å². The van der Waals surface area contributed by atoms with Gasteiger partial charge in [0.05, 0.1) is 12.1 Å². The quantitative estimate of drug-likeness (QED) is 0.883. The van der Waals surface area contributed by atoms with Crippen LogP contribution in [-0.4, -0.2) is 54.3 Å². The van der Waals surface area contributed by atoms with Gasteiger partial charge in [-0.05, 0) is 18.2 Å². The molecule has 1 heterocycles. The Balaban J connectivity index is 2.01. The molecular formula is C13H15BrFN3O2. The molecule has 0 saturated carbocycles. The van der Waals surface area contributed by atoms with Crippen molar-refractivity contribution in [2.45, 2.75) is 0 Å². The van der Waals surface area contributed by atoms with Crippen LogP contribution in [0.25, 0.3) is 0 Å². The van der Waals surface area contributed by atoms with E-state index in [4.69, 9.17) is 5.73 Å². The lowest BCUT2D eigenvalue weighted by molar-refractivity contribution is -0.119. The zero-order valence-electron chi connectivity index (χ0n) is 10.8. The van der Waals surface area contributed by atoms with E-state index in [9.17, 15) is 14.0 Å². The molecule has 2 amide bonds. The molecule has 0 spiro atoms. The molecule has 108 valence electrons. The van der Waals surface area contributed by atoms with Crippen molar-refractivity contribution in [1.29, 1.82) is 0 Å². The van der Waals surface area contributed by atoms with Crippen molar-refractivity contribution >= 4 is 27.7 Å². The first-order chi connectivity index (χ1) is 9.47. The van der Waals surface area contributed by atoms with Gasteiger partial charge in [0.2, 0.25) is 5.91 Å². The van der Waals surface area contributed by atoms with Crippen molar-refractivity contribution in [3.8, 4) is 0 Å². The molecule has 0 unspecified atom stereocenters. The normalized spacial score (nSPS) is 16.2. The van der Waals surface area contributed by atoms with Crippen LogP contribution in [0.3, 0.4) is 0 Å². The van der Waals surface area contributed by atoms with Crippen molar-refractivity contribution in [2.24, 2.45) is 5.73 Å². The minimum atomic E-state index is -0.530. The van der Waals surface area contributed by atoms with Crippen LogP contribution < -0.4 is 5.73 Å². The second kappa shape index (κ2) is 6.32. The molecule has 0 bridgehead atoms. The first kappa shape index (κ1) is 14.9. The fourth-order valence-corrected chi connectivity index (χ4v) is 2.52. The molecule has 0 radical (unpaired) electrons. The van der Waals surface area contributed by atoms with Gasteiger partial charge in [-0.15, -0.1) is 0 Å². The van der Waals surface area contributed by atoms with Crippen molar-refractivity contribution in [3.63, 3.8) is 0 Å². The van der Waals surface area contributed by atoms with E-state index in [1.807, 2.05) is 4.90 Å². The third kappa shape index (κ3) is 3.55. The maximum absolute atomic E-state index is 13.7. The number of nitrogens with zero attached hydrogens (tertiary/aromatic N) is 2. The SMILES string of the molecule is NC(=O)CN1CCN(C(=O)c2cc(Br)ccc2F)CC1. The number of halogens is 2. The lowest BCUT2D eigenvalue weighted by atomic mass is 10.1. The lowest BCUT2D eigenvalue weighted by Crippen LogP contribution is -2.50. The Hall–Kier alpha value is -1.47. The third-order valence-corrected chi connectivity index (χ3v) is 3.69. The monoisotopic (exact) mass is 343 g/mol. The molecule has 2 rings (SSSR count). The number of nitrogens with two attached hydrogens (primary N) is 1. The highest BCUT2D eigenvalue weighted by atomic mass is 79.9. The Kier molecular flexibility index (Phi) is 4.72. The first-order valence-corrected chi connectivity index (χ1v) is 7.01. The molecule has 0 atom stereocenters. The fourth-order valence-electron chi connectivity index (χ4n) is 2.16. The van der Waals surface area contributed by atoms with Gasteiger partial charge in [0, 0.05) is 30.7 Å². The van der Waals surface area contributed by atoms with E-state index < -0.39 is 5.82 Å². The van der Waals surface area contributed by atoms with Crippen LogP contribution in [0.15, 0.2) is 22.7 Å². The van der Waals surface area contributed by atoms with Crippen molar-refractivity contribution in [3.05, 3.63) is 34.1 Å². The minimum absolute atomic E-state index is 0.0581. The Labute approximate surface area is 124 Å². The van der Waals surface area contributed by atoms with Crippen LogP contribution in [0.5, 0.6) is 0 Å². The number of primary amides is 1. The molecule has 1 fully saturated rings.